The lowest BCUT2D eigenvalue weighted by molar-refractivity contribution is 0.0520. The monoisotopic (exact) mass is 273 g/mol. The van der Waals surface area contributed by atoms with Gasteiger partial charge in [-0.3, -0.25) is 0 Å². The fourth-order valence-electron chi connectivity index (χ4n) is 1.86. The maximum absolute atomic E-state index is 11.8. The summed E-state index contributed by atoms with van der Waals surface area (Å²) >= 11 is 1.56. The van der Waals surface area contributed by atoms with Gasteiger partial charge in [-0.05, 0) is 24.4 Å². The van der Waals surface area contributed by atoms with E-state index in [2.05, 4.69) is 4.98 Å². The molecule has 0 aliphatic carbocycles. The van der Waals surface area contributed by atoms with Gasteiger partial charge in [0, 0.05) is 4.70 Å². The minimum atomic E-state index is -0.455. The number of fused-ring (bicyclic) bond motifs is 1. The zero-order valence-corrected chi connectivity index (χ0v) is 11.1. The van der Waals surface area contributed by atoms with Crippen molar-refractivity contribution >= 4 is 27.4 Å². The van der Waals surface area contributed by atoms with Crippen molar-refractivity contribution in [2.75, 3.05) is 6.61 Å². The number of benzene rings is 1. The number of hydrogen-bond acceptors (Lipinski definition) is 5. The van der Waals surface area contributed by atoms with E-state index in [1.54, 1.807) is 18.3 Å². The number of oxazole rings is 1. The molecular weight excluding hydrogens is 262 g/mol. The van der Waals surface area contributed by atoms with Crippen LogP contribution in [0.2, 0.25) is 0 Å². The Morgan fingerprint density at radius 3 is 3.05 bits per heavy atom. The molecule has 3 aromatic rings. The van der Waals surface area contributed by atoms with E-state index < -0.39 is 5.97 Å². The Kier molecular flexibility index (Phi) is 3.05. The van der Waals surface area contributed by atoms with Crippen LogP contribution in [0.15, 0.2) is 41.1 Å². The van der Waals surface area contributed by atoms with Gasteiger partial charge < -0.3 is 9.15 Å². The number of thiophene rings is 1. The van der Waals surface area contributed by atoms with Crippen molar-refractivity contribution in [1.29, 1.82) is 0 Å². The molecular formula is C14H11NO3S. The van der Waals surface area contributed by atoms with E-state index in [0.29, 0.717) is 12.4 Å². The second kappa shape index (κ2) is 4.85. The maximum atomic E-state index is 11.8. The third kappa shape index (κ3) is 2.13. The first-order valence-corrected chi connectivity index (χ1v) is 6.71. The highest BCUT2D eigenvalue weighted by Crippen LogP contribution is 2.35. The van der Waals surface area contributed by atoms with Gasteiger partial charge in [-0.1, -0.05) is 18.2 Å². The molecule has 0 atom stereocenters. The number of hydrogen-bond donors (Lipinski definition) is 0. The van der Waals surface area contributed by atoms with Crippen molar-refractivity contribution in [1.82, 2.24) is 4.98 Å². The molecule has 96 valence electrons. The van der Waals surface area contributed by atoms with Crippen LogP contribution in [0.3, 0.4) is 0 Å². The Morgan fingerprint density at radius 2 is 2.26 bits per heavy atom. The lowest BCUT2D eigenvalue weighted by Gasteiger charge is -1.98. The molecule has 0 saturated heterocycles. The molecule has 0 aliphatic rings. The fraction of sp³-hybridized carbons (Fsp3) is 0.143. The van der Waals surface area contributed by atoms with Crippen molar-refractivity contribution < 1.29 is 13.9 Å². The van der Waals surface area contributed by atoms with Crippen LogP contribution in [-0.2, 0) is 4.74 Å². The topological polar surface area (TPSA) is 52.3 Å². The highest BCUT2D eigenvalue weighted by Gasteiger charge is 2.20. The average Bonchev–Trinajstić information content (AvgIpc) is 3.05. The lowest BCUT2D eigenvalue weighted by Crippen LogP contribution is -2.05. The normalized spacial score (nSPS) is 10.8. The maximum Gasteiger partial charge on any atom is 0.361 e. The summed E-state index contributed by atoms with van der Waals surface area (Å²) in [4.78, 5) is 16.6. The van der Waals surface area contributed by atoms with Crippen LogP contribution in [0.4, 0.5) is 0 Å². The minimum Gasteiger partial charge on any atom is -0.461 e. The molecule has 0 aliphatic heterocycles. The smallest absolute Gasteiger partial charge is 0.361 e. The van der Waals surface area contributed by atoms with Crippen molar-refractivity contribution in [3.05, 3.63) is 42.4 Å². The molecule has 3 rings (SSSR count). The lowest BCUT2D eigenvalue weighted by atomic mass is 10.2. The van der Waals surface area contributed by atoms with Gasteiger partial charge in [0.15, 0.2) is 17.8 Å². The number of ether oxygens (including phenoxy) is 1. The number of carbonyl (C=O) groups is 1. The third-order valence-corrected chi connectivity index (χ3v) is 3.80. The van der Waals surface area contributed by atoms with Crippen LogP contribution >= 0.6 is 11.3 Å². The highest BCUT2D eigenvalue weighted by atomic mass is 32.1. The summed E-state index contributed by atoms with van der Waals surface area (Å²) in [6, 6.07) is 10.0. The molecule has 2 heterocycles. The van der Waals surface area contributed by atoms with E-state index >= 15 is 0 Å². The van der Waals surface area contributed by atoms with Gasteiger partial charge in [0.25, 0.3) is 0 Å². The summed E-state index contributed by atoms with van der Waals surface area (Å²) < 4.78 is 11.5. The summed E-state index contributed by atoms with van der Waals surface area (Å²) in [6.45, 7) is 2.08. The van der Waals surface area contributed by atoms with Gasteiger partial charge in [0.05, 0.1) is 11.5 Å². The Balaban J connectivity index is 2.07. The largest absolute Gasteiger partial charge is 0.461 e. The number of rotatable bonds is 3. The minimum absolute atomic E-state index is 0.230. The second-order valence-electron chi connectivity index (χ2n) is 3.90. The van der Waals surface area contributed by atoms with Crippen molar-refractivity contribution in [3.8, 4) is 10.6 Å². The number of aromatic nitrogens is 1. The number of carbonyl (C=O) groups excluding carboxylic acids is 1. The Bertz CT molecular complexity index is 696. The van der Waals surface area contributed by atoms with E-state index in [9.17, 15) is 4.79 Å². The van der Waals surface area contributed by atoms with Crippen LogP contribution in [-0.4, -0.2) is 17.6 Å². The molecule has 0 spiro atoms. The summed E-state index contributed by atoms with van der Waals surface area (Å²) in [6.07, 6.45) is 1.27. The highest BCUT2D eigenvalue weighted by molar-refractivity contribution is 7.22. The molecule has 19 heavy (non-hydrogen) atoms. The Hall–Kier alpha value is -2.14. The standard InChI is InChI=1S/C14H11NO3S/c1-2-17-14(16)12-13(18-8-15-12)11-7-9-5-3-4-6-10(9)19-11/h3-8H,2H2,1H3. The molecule has 0 radical (unpaired) electrons. The quantitative estimate of drug-likeness (QED) is 0.682. The first-order valence-electron chi connectivity index (χ1n) is 5.89. The zero-order chi connectivity index (χ0) is 13.2. The van der Waals surface area contributed by atoms with Crippen LogP contribution in [0.25, 0.3) is 20.7 Å². The molecule has 4 nitrogen and oxygen atoms in total. The predicted octanol–water partition coefficient (Wildman–Crippen LogP) is 3.73. The molecule has 0 N–H and O–H groups in total. The first kappa shape index (κ1) is 11.9. The van der Waals surface area contributed by atoms with Gasteiger partial charge >= 0.3 is 5.97 Å². The molecule has 5 heteroatoms. The molecule has 0 unspecified atom stereocenters. The van der Waals surface area contributed by atoms with E-state index in [1.165, 1.54) is 6.39 Å². The summed E-state index contributed by atoms with van der Waals surface area (Å²) in [5.74, 6) is 0.0170. The zero-order valence-electron chi connectivity index (χ0n) is 10.3. The third-order valence-electron chi connectivity index (χ3n) is 2.69. The second-order valence-corrected chi connectivity index (χ2v) is 4.98. The summed E-state index contributed by atoms with van der Waals surface area (Å²) in [7, 11) is 0. The number of nitrogens with zero attached hydrogens (tertiary/aromatic N) is 1. The SMILES string of the molecule is CCOC(=O)c1ncoc1-c1cc2ccccc2s1. The van der Waals surface area contributed by atoms with E-state index in [1.807, 2.05) is 30.3 Å². The molecule has 0 bridgehead atoms. The van der Waals surface area contributed by atoms with E-state index in [0.717, 1.165) is 15.0 Å². The Labute approximate surface area is 113 Å². The van der Waals surface area contributed by atoms with Crippen LogP contribution in [0.5, 0.6) is 0 Å². The van der Waals surface area contributed by atoms with E-state index in [4.69, 9.17) is 9.15 Å². The van der Waals surface area contributed by atoms with Gasteiger partial charge in [0.1, 0.15) is 0 Å². The Morgan fingerprint density at radius 1 is 1.42 bits per heavy atom. The van der Waals surface area contributed by atoms with Crippen LogP contribution in [0.1, 0.15) is 17.4 Å². The average molecular weight is 273 g/mol. The molecule has 0 fully saturated rings. The van der Waals surface area contributed by atoms with Gasteiger partial charge in [-0.2, -0.15) is 0 Å². The molecule has 0 saturated carbocycles. The van der Waals surface area contributed by atoms with Gasteiger partial charge in [0.2, 0.25) is 0 Å². The van der Waals surface area contributed by atoms with Crippen LogP contribution in [0, 0.1) is 0 Å². The first-order chi connectivity index (χ1) is 9.29. The molecule has 0 amide bonds. The van der Waals surface area contributed by atoms with Crippen molar-refractivity contribution in [2.24, 2.45) is 0 Å². The molecule has 1 aromatic carbocycles. The van der Waals surface area contributed by atoms with Gasteiger partial charge in [-0.15, -0.1) is 11.3 Å². The summed E-state index contributed by atoms with van der Waals surface area (Å²) in [5.41, 5.74) is 0.230. The summed E-state index contributed by atoms with van der Waals surface area (Å²) in [5, 5.41) is 1.12. The van der Waals surface area contributed by atoms with E-state index in [-0.39, 0.29) is 5.69 Å². The fourth-order valence-corrected chi connectivity index (χ4v) is 2.91. The predicted molar refractivity (Wildman–Crippen MR) is 73.3 cm³/mol. The number of esters is 1. The van der Waals surface area contributed by atoms with Gasteiger partial charge in [-0.25, -0.2) is 9.78 Å². The van der Waals surface area contributed by atoms with Crippen molar-refractivity contribution in [3.63, 3.8) is 0 Å². The van der Waals surface area contributed by atoms with Crippen molar-refractivity contribution in [2.45, 2.75) is 6.92 Å². The van der Waals surface area contributed by atoms with Crippen LogP contribution < -0.4 is 0 Å². The molecule has 2 aromatic heterocycles.